The molecule has 0 atom stereocenters. The lowest BCUT2D eigenvalue weighted by Gasteiger charge is -2.05. The molecule has 31 heavy (non-hydrogen) atoms. The van der Waals surface area contributed by atoms with Gasteiger partial charge >= 0.3 is 0 Å². The molecular formula is C22H15Cl2FN4O2. The van der Waals surface area contributed by atoms with Gasteiger partial charge < -0.3 is 4.98 Å². The molecule has 0 amide bonds. The molecular weight excluding hydrogens is 442 g/mol. The number of pyridine rings is 1. The third-order valence-corrected chi connectivity index (χ3v) is 5.23. The first-order chi connectivity index (χ1) is 14.9. The van der Waals surface area contributed by atoms with Crippen molar-refractivity contribution < 1.29 is 14.0 Å². The monoisotopic (exact) mass is 456 g/mol. The number of benzene rings is 1. The number of carbonyl (C=O) groups excluding carboxylic acids is 2. The second-order valence-corrected chi connectivity index (χ2v) is 7.63. The van der Waals surface area contributed by atoms with Crippen LogP contribution in [-0.4, -0.2) is 31.3 Å². The quantitative estimate of drug-likeness (QED) is 0.321. The van der Waals surface area contributed by atoms with Gasteiger partial charge in [0.15, 0.2) is 17.4 Å². The van der Waals surface area contributed by atoms with Crippen LogP contribution in [0.25, 0.3) is 0 Å². The molecule has 0 saturated heterocycles. The van der Waals surface area contributed by atoms with Gasteiger partial charge in [-0.2, -0.15) is 5.10 Å². The minimum Gasteiger partial charge on any atom is -0.358 e. The molecule has 0 bridgehead atoms. The van der Waals surface area contributed by atoms with Crippen LogP contribution in [0.4, 0.5) is 4.39 Å². The zero-order chi connectivity index (χ0) is 22.0. The van der Waals surface area contributed by atoms with Gasteiger partial charge in [-0.05, 0) is 35.9 Å². The van der Waals surface area contributed by atoms with E-state index in [1.165, 1.54) is 24.4 Å². The molecule has 0 spiro atoms. The van der Waals surface area contributed by atoms with Crippen LogP contribution in [0.2, 0.25) is 10.0 Å². The highest BCUT2D eigenvalue weighted by Gasteiger charge is 2.22. The Bertz CT molecular complexity index is 1270. The van der Waals surface area contributed by atoms with E-state index in [4.69, 9.17) is 23.2 Å². The van der Waals surface area contributed by atoms with Gasteiger partial charge in [0, 0.05) is 30.6 Å². The van der Waals surface area contributed by atoms with Crippen molar-refractivity contribution in [3.8, 4) is 0 Å². The summed E-state index contributed by atoms with van der Waals surface area (Å²) in [6, 6.07) is 9.61. The van der Waals surface area contributed by atoms with E-state index in [0.717, 1.165) is 5.69 Å². The molecule has 9 heteroatoms. The normalized spacial score (nSPS) is 10.9. The highest BCUT2D eigenvalue weighted by molar-refractivity contribution is 6.37. The molecule has 0 saturated carbocycles. The number of ketones is 2. The standard InChI is InChI=1S/C22H15Cl2FN4O2/c23-16-4-5-17(24)21(25)20(16)22(31)14-8-18(27-10-14)19(30)7-13-9-28-29(11-13)12-15-3-1-2-6-26-15/h1-6,8-11,27H,7,12H2. The number of carbonyl (C=O) groups is 2. The van der Waals surface area contributed by atoms with Gasteiger partial charge in [-0.15, -0.1) is 0 Å². The third kappa shape index (κ3) is 4.57. The van der Waals surface area contributed by atoms with Crippen LogP contribution in [0.1, 0.15) is 37.7 Å². The molecule has 1 N–H and O–H groups in total. The maximum absolute atomic E-state index is 14.3. The van der Waals surface area contributed by atoms with Crippen LogP contribution in [0.5, 0.6) is 0 Å². The van der Waals surface area contributed by atoms with Crippen molar-refractivity contribution in [2.24, 2.45) is 0 Å². The van der Waals surface area contributed by atoms with Crippen molar-refractivity contribution in [2.75, 3.05) is 0 Å². The minimum atomic E-state index is -0.895. The summed E-state index contributed by atoms with van der Waals surface area (Å²) in [6.07, 6.45) is 6.51. The predicted molar refractivity (Wildman–Crippen MR) is 114 cm³/mol. The second-order valence-electron chi connectivity index (χ2n) is 6.82. The fourth-order valence-corrected chi connectivity index (χ4v) is 3.48. The maximum atomic E-state index is 14.3. The van der Waals surface area contributed by atoms with Crippen molar-refractivity contribution >= 4 is 34.8 Å². The zero-order valence-corrected chi connectivity index (χ0v) is 17.5. The van der Waals surface area contributed by atoms with Crippen molar-refractivity contribution in [3.63, 3.8) is 0 Å². The van der Waals surface area contributed by atoms with Gasteiger partial charge in [0.2, 0.25) is 0 Å². The molecule has 4 rings (SSSR count). The lowest BCUT2D eigenvalue weighted by atomic mass is 10.0. The third-order valence-electron chi connectivity index (χ3n) is 4.62. The molecule has 3 heterocycles. The van der Waals surface area contributed by atoms with E-state index in [1.54, 1.807) is 23.3 Å². The van der Waals surface area contributed by atoms with Crippen molar-refractivity contribution in [3.05, 3.63) is 105 Å². The number of halogens is 3. The Balaban J connectivity index is 1.47. The van der Waals surface area contributed by atoms with E-state index in [1.807, 2.05) is 18.2 Å². The highest BCUT2D eigenvalue weighted by atomic mass is 35.5. The van der Waals surface area contributed by atoms with Crippen LogP contribution in [0, 0.1) is 5.82 Å². The van der Waals surface area contributed by atoms with Crippen molar-refractivity contribution in [1.29, 1.82) is 0 Å². The first-order valence-electron chi connectivity index (χ1n) is 9.23. The highest BCUT2D eigenvalue weighted by Crippen LogP contribution is 2.28. The summed E-state index contributed by atoms with van der Waals surface area (Å²) in [5.74, 6) is -1.80. The lowest BCUT2D eigenvalue weighted by molar-refractivity contribution is 0.0988. The Kier molecular flexibility index (Phi) is 5.97. The summed E-state index contributed by atoms with van der Waals surface area (Å²) in [7, 11) is 0. The van der Waals surface area contributed by atoms with Gasteiger partial charge in [-0.1, -0.05) is 29.3 Å². The molecule has 0 fully saturated rings. The first-order valence-corrected chi connectivity index (χ1v) is 9.99. The molecule has 6 nitrogen and oxygen atoms in total. The Labute approximate surface area is 186 Å². The Morgan fingerprint density at radius 1 is 1.13 bits per heavy atom. The Hall–Kier alpha value is -3.29. The van der Waals surface area contributed by atoms with Crippen LogP contribution < -0.4 is 0 Å². The second kappa shape index (κ2) is 8.83. The van der Waals surface area contributed by atoms with Gasteiger partial charge in [0.05, 0.1) is 39.7 Å². The number of H-pyrrole nitrogens is 1. The molecule has 0 aliphatic carbocycles. The topological polar surface area (TPSA) is 80.6 Å². The maximum Gasteiger partial charge on any atom is 0.199 e. The van der Waals surface area contributed by atoms with E-state index < -0.39 is 11.6 Å². The van der Waals surface area contributed by atoms with E-state index in [-0.39, 0.29) is 39.1 Å². The lowest BCUT2D eigenvalue weighted by Crippen LogP contribution is -2.06. The summed E-state index contributed by atoms with van der Waals surface area (Å²) in [6.45, 7) is 0.488. The Morgan fingerprint density at radius 3 is 2.71 bits per heavy atom. The van der Waals surface area contributed by atoms with Gasteiger partial charge in [0.1, 0.15) is 0 Å². The summed E-state index contributed by atoms with van der Waals surface area (Å²) in [5, 5.41) is 3.99. The van der Waals surface area contributed by atoms with E-state index in [9.17, 15) is 14.0 Å². The molecule has 0 aliphatic rings. The van der Waals surface area contributed by atoms with Crippen molar-refractivity contribution in [2.45, 2.75) is 13.0 Å². The van der Waals surface area contributed by atoms with Crippen LogP contribution in [0.15, 0.2) is 61.2 Å². The molecule has 156 valence electrons. The fourth-order valence-electron chi connectivity index (χ4n) is 3.09. The SMILES string of the molecule is O=C(Cc1cnn(Cc2ccccn2)c1)c1cc(C(=O)c2c(Cl)ccc(Cl)c2F)c[nH]1. The number of nitrogens with zero attached hydrogens (tertiary/aromatic N) is 3. The number of hydrogen-bond donors (Lipinski definition) is 1. The van der Waals surface area contributed by atoms with Gasteiger partial charge in [-0.25, -0.2) is 4.39 Å². The number of Topliss-reactive ketones (excluding diaryl/α,β-unsaturated/α-hetero) is 1. The molecule has 1 aromatic carbocycles. The average Bonchev–Trinajstić information content (AvgIpc) is 3.42. The van der Waals surface area contributed by atoms with E-state index >= 15 is 0 Å². The number of aromatic amines is 1. The zero-order valence-electron chi connectivity index (χ0n) is 16.0. The van der Waals surface area contributed by atoms with Crippen LogP contribution in [-0.2, 0) is 13.0 Å². The molecule has 0 aliphatic heterocycles. The predicted octanol–water partition coefficient (Wildman–Crippen LogP) is 4.76. The van der Waals surface area contributed by atoms with Crippen LogP contribution >= 0.6 is 23.2 Å². The smallest absolute Gasteiger partial charge is 0.199 e. The van der Waals surface area contributed by atoms with E-state index in [0.29, 0.717) is 12.1 Å². The van der Waals surface area contributed by atoms with Crippen LogP contribution in [0.3, 0.4) is 0 Å². The number of hydrogen-bond acceptors (Lipinski definition) is 4. The molecule has 4 aromatic rings. The van der Waals surface area contributed by atoms with E-state index in [2.05, 4.69) is 15.1 Å². The number of rotatable bonds is 7. The number of aromatic nitrogens is 4. The van der Waals surface area contributed by atoms with Gasteiger partial charge in [0.25, 0.3) is 0 Å². The molecule has 3 aromatic heterocycles. The first kappa shape index (κ1) is 21.0. The fraction of sp³-hybridized carbons (Fsp3) is 0.0909. The summed E-state index contributed by atoms with van der Waals surface area (Å²) in [5.41, 5.74) is 1.56. The summed E-state index contributed by atoms with van der Waals surface area (Å²) >= 11 is 11.7. The largest absolute Gasteiger partial charge is 0.358 e. The molecule has 0 unspecified atom stereocenters. The van der Waals surface area contributed by atoms with Gasteiger partial charge in [-0.3, -0.25) is 19.3 Å². The summed E-state index contributed by atoms with van der Waals surface area (Å²) < 4.78 is 16.0. The Morgan fingerprint density at radius 2 is 1.94 bits per heavy atom. The summed E-state index contributed by atoms with van der Waals surface area (Å²) in [4.78, 5) is 32.3. The number of nitrogens with one attached hydrogen (secondary N) is 1. The minimum absolute atomic E-state index is 0.0544. The average molecular weight is 457 g/mol. The van der Waals surface area contributed by atoms with Crippen molar-refractivity contribution in [1.82, 2.24) is 19.7 Å². The molecule has 0 radical (unpaired) electrons.